The van der Waals surface area contributed by atoms with Crippen molar-refractivity contribution in [1.82, 2.24) is 4.90 Å². The van der Waals surface area contributed by atoms with Gasteiger partial charge in [-0.2, -0.15) is 0 Å². The molecular formula is C16H25NO. The summed E-state index contributed by atoms with van der Waals surface area (Å²) in [5.41, 5.74) is 5.52. The number of nitrogens with zero attached hydrogens (tertiary/aromatic N) is 1. The smallest absolute Gasteiger partial charge is 0.0449 e. The molecule has 2 rings (SSSR count). The van der Waals surface area contributed by atoms with Crippen LogP contribution >= 0.6 is 0 Å². The van der Waals surface area contributed by atoms with Crippen LogP contribution in [0.15, 0.2) is 12.1 Å². The van der Waals surface area contributed by atoms with Gasteiger partial charge in [0.05, 0.1) is 0 Å². The van der Waals surface area contributed by atoms with Gasteiger partial charge in [-0.3, -0.25) is 4.90 Å². The largest absolute Gasteiger partial charge is 0.396 e. The first kappa shape index (κ1) is 13.6. The van der Waals surface area contributed by atoms with E-state index < -0.39 is 0 Å². The standard InChI is InChI=1S/C16H25NO/c1-12-10-13(2)16(14(3)11-12)15(6-9-18)17-7-4-5-8-17/h10-11,15,18H,4-9H2,1-3H3. The predicted molar refractivity (Wildman–Crippen MR) is 75.9 cm³/mol. The average Bonchev–Trinajstić information content (AvgIpc) is 2.79. The molecule has 1 unspecified atom stereocenters. The summed E-state index contributed by atoms with van der Waals surface area (Å²) in [6, 6.07) is 4.93. The maximum Gasteiger partial charge on any atom is 0.0449 e. The van der Waals surface area contributed by atoms with Crippen molar-refractivity contribution < 1.29 is 5.11 Å². The first-order chi connectivity index (χ1) is 8.63. The Morgan fingerprint density at radius 2 is 1.67 bits per heavy atom. The maximum atomic E-state index is 9.37. The maximum absolute atomic E-state index is 9.37. The Morgan fingerprint density at radius 1 is 1.11 bits per heavy atom. The minimum Gasteiger partial charge on any atom is -0.396 e. The van der Waals surface area contributed by atoms with Crippen LogP contribution in [0.1, 0.15) is 47.6 Å². The van der Waals surface area contributed by atoms with E-state index in [1.807, 2.05) is 0 Å². The van der Waals surface area contributed by atoms with Gasteiger partial charge in [0, 0.05) is 12.6 Å². The Balaban J connectivity index is 2.35. The summed E-state index contributed by atoms with van der Waals surface area (Å²) in [7, 11) is 0. The molecule has 18 heavy (non-hydrogen) atoms. The Labute approximate surface area is 111 Å². The highest BCUT2D eigenvalue weighted by Crippen LogP contribution is 2.32. The normalized spacial score (nSPS) is 18.2. The fraction of sp³-hybridized carbons (Fsp3) is 0.625. The van der Waals surface area contributed by atoms with E-state index in [-0.39, 0.29) is 6.61 Å². The van der Waals surface area contributed by atoms with Gasteiger partial charge in [-0.15, -0.1) is 0 Å². The lowest BCUT2D eigenvalue weighted by molar-refractivity contribution is 0.184. The van der Waals surface area contributed by atoms with Crippen molar-refractivity contribution in [2.45, 2.75) is 46.1 Å². The molecule has 0 saturated carbocycles. The fourth-order valence-electron chi connectivity index (χ4n) is 3.40. The summed E-state index contributed by atoms with van der Waals surface area (Å²) >= 11 is 0. The molecule has 0 spiro atoms. The van der Waals surface area contributed by atoms with Gasteiger partial charge in [0.25, 0.3) is 0 Å². The molecule has 1 heterocycles. The number of rotatable bonds is 4. The van der Waals surface area contributed by atoms with E-state index in [1.54, 1.807) is 0 Å². The van der Waals surface area contributed by atoms with E-state index in [0.29, 0.717) is 6.04 Å². The molecule has 2 nitrogen and oxygen atoms in total. The van der Waals surface area contributed by atoms with Crippen molar-refractivity contribution in [3.05, 3.63) is 34.4 Å². The van der Waals surface area contributed by atoms with Crippen LogP contribution < -0.4 is 0 Å². The molecule has 1 aliphatic rings. The summed E-state index contributed by atoms with van der Waals surface area (Å²) in [5, 5.41) is 9.37. The van der Waals surface area contributed by atoms with Gasteiger partial charge >= 0.3 is 0 Å². The van der Waals surface area contributed by atoms with E-state index in [0.717, 1.165) is 6.42 Å². The average molecular weight is 247 g/mol. The summed E-state index contributed by atoms with van der Waals surface area (Å²) < 4.78 is 0. The third kappa shape index (κ3) is 2.76. The van der Waals surface area contributed by atoms with Crippen LogP contribution in [-0.2, 0) is 0 Å². The topological polar surface area (TPSA) is 23.5 Å². The van der Waals surface area contributed by atoms with E-state index in [9.17, 15) is 5.11 Å². The minimum absolute atomic E-state index is 0.272. The molecular weight excluding hydrogens is 222 g/mol. The summed E-state index contributed by atoms with van der Waals surface area (Å²) in [6.45, 7) is 9.19. The van der Waals surface area contributed by atoms with Crippen molar-refractivity contribution in [2.24, 2.45) is 0 Å². The molecule has 1 atom stereocenters. The SMILES string of the molecule is Cc1cc(C)c(C(CCO)N2CCCC2)c(C)c1. The molecule has 0 aliphatic carbocycles. The number of aryl methyl sites for hydroxylation is 3. The first-order valence-electron chi connectivity index (χ1n) is 7.06. The van der Waals surface area contributed by atoms with Crippen LogP contribution in [-0.4, -0.2) is 29.7 Å². The lowest BCUT2D eigenvalue weighted by Gasteiger charge is -2.30. The van der Waals surface area contributed by atoms with Crippen LogP contribution in [0, 0.1) is 20.8 Å². The van der Waals surface area contributed by atoms with Gasteiger partial charge < -0.3 is 5.11 Å². The first-order valence-corrected chi connectivity index (χ1v) is 7.06. The Morgan fingerprint density at radius 3 is 2.17 bits per heavy atom. The van der Waals surface area contributed by atoms with E-state index in [2.05, 4.69) is 37.8 Å². The zero-order valence-corrected chi connectivity index (χ0v) is 11.9. The third-order valence-corrected chi connectivity index (χ3v) is 4.06. The quantitative estimate of drug-likeness (QED) is 0.883. The lowest BCUT2D eigenvalue weighted by atomic mass is 9.91. The second-order valence-corrected chi connectivity index (χ2v) is 5.58. The summed E-state index contributed by atoms with van der Waals surface area (Å²) in [6.07, 6.45) is 3.45. The highest BCUT2D eigenvalue weighted by atomic mass is 16.3. The van der Waals surface area contributed by atoms with Crippen LogP contribution in [0.3, 0.4) is 0 Å². The van der Waals surface area contributed by atoms with Gasteiger partial charge in [-0.25, -0.2) is 0 Å². The summed E-state index contributed by atoms with van der Waals surface area (Å²) in [4.78, 5) is 2.54. The van der Waals surface area contributed by atoms with Crippen LogP contribution in [0.4, 0.5) is 0 Å². The fourth-order valence-corrected chi connectivity index (χ4v) is 3.40. The number of hydrogen-bond acceptors (Lipinski definition) is 2. The second kappa shape index (κ2) is 5.85. The van der Waals surface area contributed by atoms with Gasteiger partial charge in [-0.1, -0.05) is 17.7 Å². The number of benzene rings is 1. The highest BCUT2D eigenvalue weighted by molar-refractivity contribution is 5.39. The van der Waals surface area contributed by atoms with Crippen molar-refractivity contribution in [2.75, 3.05) is 19.7 Å². The van der Waals surface area contributed by atoms with E-state index in [1.165, 1.54) is 48.2 Å². The number of hydrogen-bond donors (Lipinski definition) is 1. The molecule has 0 aromatic heterocycles. The van der Waals surface area contributed by atoms with E-state index >= 15 is 0 Å². The highest BCUT2D eigenvalue weighted by Gasteiger charge is 2.25. The second-order valence-electron chi connectivity index (χ2n) is 5.58. The van der Waals surface area contributed by atoms with Gasteiger partial charge in [0.2, 0.25) is 0 Å². The molecule has 1 aromatic rings. The van der Waals surface area contributed by atoms with Crippen molar-refractivity contribution >= 4 is 0 Å². The molecule has 0 radical (unpaired) electrons. The van der Waals surface area contributed by atoms with Crippen molar-refractivity contribution in [3.63, 3.8) is 0 Å². The molecule has 1 aliphatic heterocycles. The van der Waals surface area contributed by atoms with Gasteiger partial charge in [0.1, 0.15) is 0 Å². The van der Waals surface area contributed by atoms with E-state index in [4.69, 9.17) is 0 Å². The van der Waals surface area contributed by atoms with Gasteiger partial charge in [-0.05, 0) is 69.8 Å². The Hall–Kier alpha value is -0.860. The molecule has 1 fully saturated rings. The lowest BCUT2D eigenvalue weighted by Crippen LogP contribution is -2.27. The molecule has 1 N–H and O–H groups in total. The van der Waals surface area contributed by atoms with Crippen LogP contribution in [0.2, 0.25) is 0 Å². The van der Waals surface area contributed by atoms with Crippen molar-refractivity contribution in [1.29, 1.82) is 0 Å². The number of likely N-dealkylation sites (tertiary alicyclic amines) is 1. The molecule has 1 saturated heterocycles. The predicted octanol–water partition coefficient (Wildman–Crippen LogP) is 3.13. The minimum atomic E-state index is 0.272. The Bertz CT molecular complexity index is 385. The number of aliphatic hydroxyl groups excluding tert-OH is 1. The van der Waals surface area contributed by atoms with Crippen molar-refractivity contribution in [3.8, 4) is 0 Å². The molecule has 2 heteroatoms. The molecule has 1 aromatic carbocycles. The zero-order valence-electron chi connectivity index (χ0n) is 11.9. The van der Waals surface area contributed by atoms with Crippen LogP contribution in [0.25, 0.3) is 0 Å². The molecule has 100 valence electrons. The number of aliphatic hydroxyl groups is 1. The third-order valence-electron chi connectivity index (χ3n) is 4.06. The van der Waals surface area contributed by atoms with Crippen LogP contribution in [0.5, 0.6) is 0 Å². The van der Waals surface area contributed by atoms with Gasteiger partial charge in [0.15, 0.2) is 0 Å². The monoisotopic (exact) mass is 247 g/mol. The Kier molecular flexibility index (Phi) is 4.41. The summed E-state index contributed by atoms with van der Waals surface area (Å²) in [5.74, 6) is 0. The zero-order chi connectivity index (χ0) is 13.1. The molecule has 0 amide bonds. The molecule has 0 bridgehead atoms.